The van der Waals surface area contributed by atoms with Gasteiger partial charge in [-0.25, -0.2) is 14.5 Å². The van der Waals surface area contributed by atoms with Crippen molar-refractivity contribution in [1.82, 2.24) is 24.5 Å². The van der Waals surface area contributed by atoms with Crippen molar-refractivity contribution in [3.63, 3.8) is 0 Å². The van der Waals surface area contributed by atoms with Gasteiger partial charge >= 0.3 is 0 Å². The lowest BCUT2D eigenvalue weighted by Gasteiger charge is -2.33. The second-order valence-electron chi connectivity index (χ2n) is 8.76. The largest absolute Gasteiger partial charge is 0.354 e. The Kier molecular flexibility index (Phi) is 5.68. The number of aryl methyl sites for hydroxylation is 2. The molecule has 0 unspecified atom stereocenters. The van der Waals surface area contributed by atoms with Crippen molar-refractivity contribution in [1.29, 1.82) is 0 Å². The molecule has 4 heterocycles. The number of rotatable bonds is 5. The Labute approximate surface area is 193 Å². The molecule has 0 bridgehead atoms. The maximum atomic E-state index is 12.6. The fourth-order valence-electron chi connectivity index (χ4n) is 4.48. The van der Waals surface area contributed by atoms with Crippen LogP contribution in [-0.4, -0.2) is 63.6 Å². The first-order valence-electron chi connectivity index (χ1n) is 11.4. The smallest absolute Gasteiger partial charge is 0.224 e. The van der Waals surface area contributed by atoms with Crippen molar-refractivity contribution in [2.75, 3.05) is 43.4 Å². The first-order valence-corrected chi connectivity index (χ1v) is 11.4. The molecule has 0 saturated carbocycles. The van der Waals surface area contributed by atoms with E-state index in [1.807, 2.05) is 54.8 Å². The van der Waals surface area contributed by atoms with Crippen LogP contribution in [0.1, 0.15) is 23.4 Å². The van der Waals surface area contributed by atoms with E-state index in [1.165, 1.54) is 0 Å². The van der Waals surface area contributed by atoms with E-state index in [0.29, 0.717) is 12.8 Å². The predicted molar refractivity (Wildman–Crippen MR) is 131 cm³/mol. The number of carbonyl (C=O) groups is 1. The van der Waals surface area contributed by atoms with Gasteiger partial charge in [0.15, 0.2) is 5.65 Å². The fourth-order valence-corrected chi connectivity index (χ4v) is 4.48. The molecule has 0 spiro atoms. The van der Waals surface area contributed by atoms with Gasteiger partial charge in [-0.05, 0) is 57.1 Å². The number of fused-ring (bicyclic) bond motifs is 3. The summed E-state index contributed by atoms with van der Waals surface area (Å²) in [4.78, 5) is 26.6. The second kappa shape index (κ2) is 8.78. The minimum atomic E-state index is -0.0336. The minimum absolute atomic E-state index is 0.0336. The van der Waals surface area contributed by atoms with E-state index in [2.05, 4.69) is 27.1 Å². The van der Waals surface area contributed by atoms with Crippen LogP contribution in [0.4, 0.5) is 11.5 Å². The van der Waals surface area contributed by atoms with Gasteiger partial charge in [-0.1, -0.05) is 12.1 Å². The molecule has 8 nitrogen and oxygen atoms in total. The zero-order valence-electron chi connectivity index (χ0n) is 19.4. The van der Waals surface area contributed by atoms with Crippen LogP contribution in [-0.2, 0) is 11.2 Å². The number of hydrogen-bond donors (Lipinski definition) is 1. The molecule has 1 aromatic carbocycles. The highest BCUT2D eigenvalue weighted by Gasteiger charge is 2.17. The summed E-state index contributed by atoms with van der Waals surface area (Å²) in [6, 6.07) is 11.9. The Bertz CT molecular complexity index is 1300. The van der Waals surface area contributed by atoms with Crippen LogP contribution in [0, 0.1) is 13.8 Å². The van der Waals surface area contributed by atoms with Crippen molar-refractivity contribution >= 4 is 34.0 Å². The Balaban J connectivity index is 1.25. The third-order valence-electron chi connectivity index (χ3n) is 6.48. The third-order valence-corrected chi connectivity index (χ3v) is 6.48. The SMILES string of the molecule is Cc1nc2c3ccccc3nn2c(C)c1CCC(=O)Nc1ccc(N2CCN(C)CC2)nc1. The topological polar surface area (TPSA) is 78.7 Å². The van der Waals surface area contributed by atoms with Crippen LogP contribution in [0.3, 0.4) is 0 Å². The van der Waals surface area contributed by atoms with Gasteiger partial charge in [0.1, 0.15) is 5.82 Å². The maximum Gasteiger partial charge on any atom is 0.224 e. The Morgan fingerprint density at radius 1 is 1.06 bits per heavy atom. The number of nitrogens with one attached hydrogen (secondary N) is 1. The quantitative estimate of drug-likeness (QED) is 0.510. The van der Waals surface area contributed by atoms with Crippen LogP contribution in [0.25, 0.3) is 16.6 Å². The van der Waals surface area contributed by atoms with E-state index in [4.69, 9.17) is 10.1 Å². The number of piperazine rings is 1. The number of nitrogens with zero attached hydrogens (tertiary/aromatic N) is 6. The van der Waals surface area contributed by atoms with E-state index in [-0.39, 0.29) is 5.91 Å². The number of aromatic nitrogens is 4. The number of carbonyl (C=O) groups excluding carboxylic acids is 1. The van der Waals surface area contributed by atoms with E-state index in [9.17, 15) is 4.79 Å². The van der Waals surface area contributed by atoms with Crippen LogP contribution < -0.4 is 10.2 Å². The summed E-state index contributed by atoms with van der Waals surface area (Å²) in [5, 5.41) is 8.72. The molecule has 3 aromatic heterocycles. The highest BCUT2D eigenvalue weighted by atomic mass is 16.1. The summed E-state index contributed by atoms with van der Waals surface area (Å²) < 4.78 is 1.89. The molecule has 1 N–H and O–H groups in total. The van der Waals surface area contributed by atoms with Gasteiger partial charge in [0, 0.05) is 49.4 Å². The molecule has 170 valence electrons. The summed E-state index contributed by atoms with van der Waals surface area (Å²) in [5.41, 5.74) is 5.54. The van der Waals surface area contributed by atoms with Gasteiger partial charge < -0.3 is 15.1 Å². The number of hydrogen-bond acceptors (Lipinski definition) is 6. The molecule has 1 saturated heterocycles. The standard InChI is InChI=1S/C25H29N7O/c1-17-20(18(2)32-25(27-17)21-6-4-5-7-22(21)29-32)9-11-24(33)28-19-8-10-23(26-16-19)31-14-12-30(3)13-15-31/h4-8,10,16H,9,11-15H2,1-3H3,(H,28,33). The lowest BCUT2D eigenvalue weighted by Crippen LogP contribution is -2.44. The van der Waals surface area contributed by atoms with Crippen LogP contribution in [0.2, 0.25) is 0 Å². The van der Waals surface area contributed by atoms with Crippen molar-refractivity contribution < 1.29 is 4.79 Å². The van der Waals surface area contributed by atoms with Crippen molar-refractivity contribution in [2.45, 2.75) is 26.7 Å². The molecule has 0 atom stereocenters. The monoisotopic (exact) mass is 443 g/mol. The van der Waals surface area contributed by atoms with Gasteiger partial charge in [-0.15, -0.1) is 0 Å². The van der Waals surface area contributed by atoms with Crippen LogP contribution in [0.15, 0.2) is 42.6 Å². The zero-order valence-corrected chi connectivity index (χ0v) is 19.4. The van der Waals surface area contributed by atoms with Gasteiger partial charge in [0.25, 0.3) is 0 Å². The highest BCUT2D eigenvalue weighted by Crippen LogP contribution is 2.23. The molecule has 5 rings (SSSR count). The first kappa shape index (κ1) is 21.3. The third kappa shape index (κ3) is 4.26. The van der Waals surface area contributed by atoms with E-state index in [0.717, 1.165) is 71.2 Å². The van der Waals surface area contributed by atoms with Crippen molar-refractivity contribution in [3.8, 4) is 0 Å². The number of pyridine rings is 1. The molecule has 1 aliphatic heterocycles. The summed E-state index contributed by atoms with van der Waals surface area (Å²) in [5.74, 6) is 0.923. The van der Waals surface area contributed by atoms with Gasteiger partial charge in [-0.3, -0.25) is 4.79 Å². The van der Waals surface area contributed by atoms with Crippen LogP contribution >= 0.6 is 0 Å². The Hall–Kier alpha value is -3.52. The number of amides is 1. The molecule has 1 fully saturated rings. The van der Waals surface area contributed by atoms with E-state index >= 15 is 0 Å². The normalized spacial score (nSPS) is 14.8. The lowest BCUT2D eigenvalue weighted by molar-refractivity contribution is -0.116. The maximum absolute atomic E-state index is 12.6. The molecular weight excluding hydrogens is 414 g/mol. The molecule has 33 heavy (non-hydrogen) atoms. The average molecular weight is 444 g/mol. The first-order chi connectivity index (χ1) is 16.0. The van der Waals surface area contributed by atoms with Crippen molar-refractivity contribution in [2.24, 2.45) is 0 Å². The summed E-state index contributed by atoms with van der Waals surface area (Å²) in [6.45, 7) is 8.06. The van der Waals surface area contributed by atoms with E-state index < -0.39 is 0 Å². The molecular formula is C25H29N7O. The fraction of sp³-hybridized carbons (Fsp3) is 0.360. The number of benzene rings is 1. The lowest BCUT2D eigenvalue weighted by atomic mass is 10.1. The molecule has 1 amide bonds. The average Bonchev–Trinajstić information content (AvgIpc) is 3.19. The minimum Gasteiger partial charge on any atom is -0.354 e. The molecule has 0 aliphatic carbocycles. The van der Waals surface area contributed by atoms with E-state index in [1.54, 1.807) is 6.20 Å². The molecule has 1 aliphatic rings. The van der Waals surface area contributed by atoms with Gasteiger partial charge in [-0.2, -0.15) is 5.10 Å². The summed E-state index contributed by atoms with van der Waals surface area (Å²) >= 11 is 0. The number of likely N-dealkylation sites (N-methyl/N-ethyl adjacent to an activating group) is 1. The number of anilines is 2. The Morgan fingerprint density at radius 2 is 1.85 bits per heavy atom. The molecule has 4 aromatic rings. The summed E-state index contributed by atoms with van der Waals surface area (Å²) in [6.07, 6.45) is 2.72. The van der Waals surface area contributed by atoms with Crippen LogP contribution in [0.5, 0.6) is 0 Å². The molecule has 8 heteroatoms. The van der Waals surface area contributed by atoms with Crippen molar-refractivity contribution in [3.05, 3.63) is 59.5 Å². The van der Waals surface area contributed by atoms with Gasteiger partial charge in [0.2, 0.25) is 5.91 Å². The predicted octanol–water partition coefficient (Wildman–Crippen LogP) is 3.22. The van der Waals surface area contributed by atoms with Gasteiger partial charge in [0.05, 0.1) is 17.4 Å². The second-order valence-corrected chi connectivity index (χ2v) is 8.76. The zero-order chi connectivity index (χ0) is 22.9. The Morgan fingerprint density at radius 3 is 2.61 bits per heavy atom. The molecule has 0 radical (unpaired) electrons. The summed E-state index contributed by atoms with van der Waals surface area (Å²) in [7, 11) is 2.14. The highest BCUT2D eigenvalue weighted by molar-refractivity contribution is 5.92.